The predicted molar refractivity (Wildman–Crippen MR) is 37.0 cm³/mol. The van der Waals surface area contributed by atoms with Crippen molar-refractivity contribution < 1.29 is 4.79 Å². The summed E-state index contributed by atoms with van der Waals surface area (Å²) in [5, 5.41) is 0. The molecule has 0 aromatic heterocycles. The van der Waals surface area contributed by atoms with Gasteiger partial charge < -0.3 is 9.80 Å². The molecule has 9 heavy (non-hydrogen) atoms. The molecule has 0 spiro atoms. The molecule has 52 valence electrons. The van der Waals surface area contributed by atoms with E-state index in [-0.39, 0.29) is 6.03 Å². The maximum atomic E-state index is 10.9. The third-order valence-corrected chi connectivity index (χ3v) is 0.958. The number of nitrogens with zero attached hydrogens (tertiary/aromatic N) is 2. The van der Waals surface area contributed by atoms with Gasteiger partial charge >= 0.3 is 6.03 Å². The first-order valence-corrected chi connectivity index (χ1v) is 2.66. The molecule has 0 aromatic rings. The second-order valence-corrected chi connectivity index (χ2v) is 1.97. The average Bonchev–Trinajstić information content (AvgIpc) is 1.84. The molecule has 0 aliphatic heterocycles. The van der Waals surface area contributed by atoms with Crippen LogP contribution in [0.3, 0.4) is 0 Å². The number of urea groups is 1. The van der Waals surface area contributed by atoms with Crippen LogP contribution in [0.25, 0.3) is 0 Å². The Balaban J connectivity index is 3.87. The van der Waals surface area contributed by atoms with Gasteiger partial charge in [0.05, 0.1) is 0 Å². The van der Waals surface area contributed by atoms with E-state index in [1.54, 1.807) is 21.1 Å². The van der Waals surface area contributed by atoms with E-state index in [4.69, 9.17) is 0 Å². The molecule has 0 unspecified atom stereocenters. The van der Waals surface area contributed by atoms with Crippen LogP contribution < -0.4 is 0 Å². The lowest BCUT2D eigenvalue weighted by atomic mass is 10.7. The number of rotatable bonds is 1. The molecule has 0 radical (unpaired) electrons. The van der Waals surface area contributed by atoms with E-state index >= 15 is 0 Å². The summed E-state index contributed by atoms with van der Waals surface area (Å²) in [6.07, 6.45) is 1.47. The van der Waals surface area contributed by atoms with Gasteiger partial charge in [0.25, 0.3) is 0 Å². The summed E-state index contributed by atoms with van der Waals surface area (Å²) < 4.78 is 0. The fourth-order valence-corrected chi connectivity index (χ4v) is 0.394. The lowest BCUT2D eigenvalue weighted by molar-refractivity contribution is 0.196. The third kappa shape index (κ3) is 2.17. The normalized spacial score (nSPS) is 8.33. The molecule has 0 N–H and O–H groups in total. The maximum absolute atomic E-state index is 10.9. The predicted octanol–water partition coefficient (Wildman–Crippen LogP) is 0.743. The van der Waals surface area contributed by atoms with E-state index in [1.807, 2.05) is 0 Å². The first-order chi connectivity index (χ1) is 4.09. The molecule has 2 amide bonds. The number of carbonyl (C=O) groups is 1. The average molecular weight is 128 g/mol. The van der Waals surface area contributed by atoms with Crippen LogP contribution in [0.4, 0.5) is 4.79 Å². The molecular weight excluding hydrogens is 116 g/mol. The Hall–Kier alpha value is -0.990. The van der Waals surface area contributed by atoms with E-state index < -0.39 is 0 Å². The van der Waals surface area contributed by atoms with Gasteiger partial charge in [-0.2, -0.15) is 0 Å². The molecule has 0 bridgehead atoms. The second kappa shape index (κ2) is 3.12. The molecule has 0 atom stereocenters. The van der Waals surface area contributed by atoms with E-state index in [0.29, 0.717) is 0 Å². The molecule has 0 saturated carbocycles. The third-order valence-electron chi connectivity index (χ3n) is 0.958. The fraction of sp³-hybridized carbons (Fsp3) is 0.500. The number of hydrogen-bond acceptors (Lipinski definition) is 1. The van der Waals surface area contributed by atoms with Gasteiger partial charge in [-0.1, -0.05) is 6.58 Å². The van der Waals surface area contributed by atoms with Crippen molar-refractivity contribution in [3.05, 3.63) is 12.8 Å². The largest absolute Gasteiger partial charge is 0.330 e. The molecule has 0 fully saturated rings. The molecular formula is C6H12N2O. The Kier molecular flexibility index (Phi) is 2.78. The fourth-order valence-electron chi connectivity index (χ4n) is 0.394. The van der Waals surface area contributed by atoms with Crippen LogP contribution in [0.5, 0.6) is 0 Å². The minimum atomic E-state index is -0.0648. The highest BCUT2D eigenvalue weighted by Gasteiger charge is 2.04. The minimum absolute atomic E-state index is 0.0648. The lowest BCUT2D eigenvalue weighted by Gasteiger charge is -2.16. The van der Waals surface area contributed by atoms with Crippen molar-refractivity contribution in [2.24, 2.45) is 0 Å². The smallest absolute Gasteiger partial charge is 0.323 e. The quantitative estimate of drug-likeness (QED) is 0.511. The SMILES string of the molecule is C=CN(C)C(=O)N(C)C. The summed E-state index contributed by atoms with van der Waals surface area (Å²) in [4.78, 5) is 13.8. The van der Waals surface area contributed by atoms with E-state index in [9.17, 15) is 4.79 Å². The lowest BCUT2D eigenvalue weighted by Crippen LogP contribution is -2.32. The summed E-state index contributed by atoms with van der Waals surface area (Å²) in [6, 6.07) is -0.0648. The van der Waals surface area contributed by atoms with Crippen LogP contribution in [-0.2, 0) is 0 Å². The molecule has 0 aliphatic rings. The Morgan fingerprint density at radius 3 is 2.00 bits per heavy atom. The highest BCUT2D eigenvalue weighted by atomic mass is 16.2. The molecule has 0 aliphatic carbocycles. The van der Waals surface area contributed by atoms with Gasteiger partial charge in [0.2, 0.25) is 0 Å². The van der Waals surface area contributed by atoms with Crippen LogP contribution in [0.15, 0.2) is 12.8 Å². The molecule has 0 saturated heterocycles. The highest BCUT2D eigenvalue weighted by molar-refractivity contribution is 5.74. The zero-order chi connectivity index (χ0) is 7.44. The topological polar surface area (TPSA) is 23.6 Å². The number of amides is 2. The van der Waals surface area contributed by atoms with E-state index in [2.05, 4.69) is 6.58 Å². The summed E-state index contributed by atoms with van der Waals surface area (Å²) in [5.74, 6) is 0. The summed E-state index contributed by atoms with van der Waals surface area (Å²) in [5.41, 5.74) is 0. The molecule has 3 heteroatoms. The monoisotopic (exact) mass is 128 g/mol. The Morgan fingerprint density at radius 2 is 1.89 bits per heavy atom. The summed E-state index contributed by atoms with van der Waals surface area (Å²) in [7, 11) is 5.06. The molecule has 0 heterocycles. The van der Waals surface area contributed by atoms with E-state index in [1.165, 1.54) is 16.0 Å². The van der Waals surface area contributed by atoms with Gasteiger partial charge in [-0.25, -0.2) is 4.79 Å². The van der Waals surface area contributed by atoms with Crippen LogP contribution >= 0.6 is 0 Å². The maximum Gasteiger partial charge on any atom is 0.323 e. The summed E-state index contributed by atoms with van der Waals surface area (Å²) >= 11 is 0. The van der Waals surface area contributed by atoms with Gasteiger partial charge in [-0.3, -0.25) is 0 Å². The number of carbonyl (C=O) groups excluding carboxylic acids is 1. The zero-order valence-electron chi connectivity index (χ0n) is 6.09. The molecule has 0 rings (SSSR count). The van der Waals surface area contributed by atoms with Crippen molar-refractivity contribution in [3.8, 4) is 0 Å². The van der Waals surface area contributed by atoms with Gasteiger partial charge in [0, 0.05) is 27.3 Å². The zero-order valence-corrected chi connectivity index (χ0v) is 6.09. The first kappa shape index (κ1) is 8.01. The van der Waals surface area contributed by atoms with E-state index in [0.717, 1.165) is 0 Å². The van der Waals surface area contributed by atoms with Crippen LogP contribution in [0.1, 0.15) is 0 Å². The first-order valence-electron chi connectivity index (χ1n) is 2.66. The van der Waals surface area contributed by atoms with Crippen LogP contribution in [0.2, 0.25) is 0 Å². The van der Waals surface area contributed by atoms with Gasteiger partial charge in [0.15, 0.2) is 0 Å². The number of hydrogen-bond donors (Lipinski definition) is 0. The van der Waals surface area contributed by atoms with Crippen molar-refractivity contribution in [2.45, 2.75) is 0 Å². The Morgan fingerprint density at radius 1 is 1.44 bits per heavy atom. The minimum Gasteiger partial charge on any atom is -0.330 e. The molecule has 0 aromatic carbocycles. The van der Waals surface area contributed by atoms with Gasteiger partial charge in [-0.05, 0) is 0 Å². The van der Waals surface area contributed by atoms with Crippen LogP contribution in [-0.4, -0.2) is 37.0 Å². The second-order valence-electron chi connectivity index (χ2n) is 1.97. The van der Waals surface area contributed by atoms with Crippen LogP contribution in [0, 0.1) is 0 Å². The van der Waals surface area contributed by atoms with Crippen molar-refractivity contribution in [1.29, 1.82) is 0 Å². The highest BCUT2D eigenvalue weighted by Crippen LogP contribution is 1.88. The van der Waals surface area contributed by atoms with Gasteiger partial charge in [0.1, 0.15) is 0 Å². The standard InChI is InChI=1S/C6H12N2O/c1-5-8(4)6(9)7(2)3/h5H,1H2,2-4H3. The van der Waals surface area contributed by atoms with Gasteiger partial charge in [-0.15, -0.1) is 0 Å². The summed E-state index contributed by atoms with van der Waals surface area (Å²) in [6.45, 7) is 3.44. The Labute approximate surface area is 55.6 Å². The van der Waals surface area contributed by atoms with Crippen molar-refractivity contribution in [2.75, 3.05) is 21.1 Å². The molecule has 3 nitrogen and oxygen atoms in total. The Bertz CT molecular complexity index is 120. The van der Waals surface area contributed by atoms with Crippen molar-refractivity contribution in [3.63, 3.8) is 0 Å². The van der Waals surface area contributed by atoms with Crippen molar-refractivity contribution >= 4 is 6.03 Å². The van der Waals surface area contributed by atoms with Crippen molar-refractivity contribution in [1.82, 2.24) is 9.80 Å².